The first-order valence-corrected chi connectivity index (χ1v) is 12.7. The Morgan fingerprint density at radius 3 is 2.64 bits per heavy atom. The number of hydrogen-bond donors (Lipinski definition) is 1. The Kier molecular flexibility index (Phi) is 7.75. The fourth-order valence-corrected chi connectivity index (χ4v) is 6.83. The Morgan fingerprint density at radius 1 is 1.21 bits per heavy atom. The molecule has 0 spiro atoms. The highest BCUT2D eigenvalue weighted by Crippen LogP contribution is 2.58. The monoisotopic (exact) mass is 457 g/mol. The number of pyridine rings is 1. The van der Waals surface area contributed by atoms with Crippen LogP contribution in [0.3, 0.4) is 0 Å². The van der Waals surface area contributed by atoms with E-state index in [1.165, 1.54) is 60.6 Å². The van der Waals surface area contributed by atoms with Crippen molar-refractivity contribution in [1.82, 2.24) is 4.57 Å². The molecule has 3 aliphatic carbocycles. The van der Waals surface area contributed by atoms with Gasteiger partial charge < -0.3 is 19.1 Å². The molecular weight excluding hydrogens is 418 g/mol. The van der Waals surface area contributed by atoms with Gasteiger partial charge in [-0.05, 0) is 55.4 Å². The second-order valence-corrected chi connectivity index (χ2v) is 10.6. The highest BCUT2D eigenvalue weighted by Gasteiger charge is 2.53. The van der Waals surface area contributed by atoms with Gasteiger partial charge in [-0.25, -0.2) is 4.79 Å². The van der Waals surface area contributed by atoms with Crippen LogP contribution in [0.15, 0.2) is 35.3 Å². The maximum Gasteiger partial charge on any atom is 0.337 e. The fraction of sp³-hybridized carbons (Fsp3) is 0.704. The summed E-state index contributed by atoms with van der Waals surface area (Å²) in [5, 5.41) is 9.21. The summed E-state index contributed by atoms with van der Waals surface area (Å²) in [4.78, 5) is 23.5. The van der Waals surface area contributed by atoms with Crippen molar-refractivity contribution in [3.05, 3.63) is 46.4 Å². The number of aryl methyl sites for hydroxylation is 1. The van der Waals surface area contributed by atoms with Gasteiger partial charge in [-0.2, -0.15) is 0 Å². The van der Waals surface area contributed by atoms with Crippen LogP contribution in [-0.2, 0) is 16.0 Å². The summed E-state index contributed by atoms with van der Waals surface area (Å²) in [5.74, 6) is 0.262. The van der Waals surface area contributed by atoms with E-state index in [4.69, 9.17) is 9.47 Å². The SMILES string of the molecule is C1CCCC1.C=C1CCC2C3COCOC3CCC2(C)C1CCn1cc(C(=O)O)ccc1=O. The van der Waals surface area contributed by atoms with Gasteiger partial charge in [0.05, 0.1) is 18.3 Å². The quantitative estimate of drug-likeness (QED) is 0.624. The van der Waals surface area contributed by atoms with Crippen LogP contribution in [0.1, 0.15) is 81.5 Å². The number of carbonyl (C=O) groups is 1. The number of fused-ring (bicyclic) bond motifs is 3. The van der Waals surface area contributed by atoms with E-state index >= 15 is 0 Å². The lowest BCUT2D eigenvalue weighted by molar-refractivity contribution is -0.218. The zero-order valence-corrected chi connectivity index (χ0v) is 20.0. The van der Waals surface area contributed by atoms with E-state index in [-0.39, 0.29) is 16.5 Å². The third-order valence-corrected chi connectivity index (χ3v) is 8.69. The second kappa shape index (κ2) is 10.6. The number of hydrogen-bond acceptors (Lipinski definition) is 4. The number of aromatic nitrogens is 1. The number of aromatic carboxylic acids is 1. The molecule has 0 amide bonds. The van der Waals surface area contributed by atoms with Crippen LogP contribution in [-0.4, -0.2) is 35.1 Å². The molecular formula is C27H39NO5. The van der Waals surface area contributed by atoms with Gasteiger partial charge in [0.25, 0.3) is 5.56 Å². The molecule has 33 heavy (non-hydrogen) atoms. The molecule has 0 aromatic carbocycles. The molecule has 4 aliphatic rings. The van der Waals surface area contributed by atoms with Crippen LogP contribution < -0.4 is 5.56 Å². The number of rotatable bonds is 4. The third-order valence-electron chi connectivity index (χ3n) is 8.69. The molecule has 0 bridgehead atoms. The molecule has 4 fully saturated rings. The van der Waals surface area contributed by atoms with Gasteiger partial charge in [0.15, 0.2) is 0 Å². The number of nitrogens with zero attached hydrogens (tertiary/aromatic N) is 1. The molecule has 5 rings (SSSR count). The number of carboxylic acids is 1. The van der Waals surface area contributed by atoms with Crippen LogP contribution in [0.4, 0.5) is 0 Å². The fourth-order valence-electron chi connectivity index (χ4n) is 6.83. The van der Waals surface area contributed by atoms with Crippen molar-refractivity contribution in [2.45, 2.75) is 83.8 Å². The van der Waals surface area contributed by atoms with Crippen molar-refractivity contribution in [2.24, 2.45) is 23.2 Å². The number of allylic oxidation sites excluding steroid dienone is 1. The standard InChI is InChI=1S/C22H29NO5.C5H10/c1-14-3-5-18-16-12-27-13-28-19(16)7-9-22(18,2)17(14)8-10-23-11-15(21(25)26)4-6-20(23)24;1-2-4-5-3-1/h4,6,11,16-19H,1,3,5,7-10,12-13H2,2H3,(H,25,26);1-5H2. The van der Waals surface area contributed by atoms with Crippen molar-refractivity contribution in [3.63, 3.8) is 0 Å². The van der Waals surface area contributed by atoms with Crippen LogP contribution in [0.25, 0.3) is 0 Å². The molecule has 2 heterocycles. The molecule has 6 nitrogen and oxygen atoms in total. The summed E-state index contributed by atoms with van der Waals surface area (Å²) in [5.41, 5.74) is 1.36. The molecule has 3 saturated carbocycles. The second-order valence-electron chi connectivity index (χ2n) is 10.6. The molecule has 0 radical (unpaired) electrons. The van der Waals surface area contributed by atoms with Crippen molar-refractivity contribution >= 4 is 5.97 Å². The van der Waals surface area contributed by atoms with Crippen LogP contribution in [0.2, 0.25) is 0 Å². The van der Waals surface area contributed by atoms with Gasteiger partial charge in [-0.15, -0.1) is 0 Å². The maximum atomic E-state index is 12.2. The van der Waals surface area contributed by atoms with E-state index in [1.807, 2.05) is 0 Å². The molecule has 1 aromatic rings. The first-order chi connectivity index (χ1) is 15.9. The summed E-state index contributed by atoms with van der Waals surface area (Å²) in [6.45, 7) is 8.42. The maximum absolute atomic E-state index is 12.2. The van der Waals surface area contributed by atoms with Crippen molar-refractivity contribution in [3.8, 4) is 0 Å². The summed E-state index contributed by atoms with van der Waals surface area (Å²) in [6.07, 6.45) is 14.3. The Hall–Kier alpha value is -1.92. The van der Waals surface area contributed by atoms with Gasteiger partial charge in [-0.1, -0.05) is 51.2 Å². The molecule has 1 aromatic heterocycles. The Labute approximate surface area is 197 Å². The zero-order valence-electron chi connectivity index (χ0n) is 20.0. The Balaban J connectivity index is 0.000000459. The van der Waals surface area contributed by atoms with Gasteiger partial charge in [0.1, 0.15) is 6.79 Å². The lowest BCUT2D eigenvalue weighted by Gasteiger charge is -2.57. The van der Waals surface area contributed by atoms with E-state index in [0.29, 0.717) is 37.2 Å². The van der Waals surface area contributed by atoms with Gasteiger partial charge in [0.2, 0.25) is 0 Å². The van der Waals surface area contributed by atoms with Crippen molar-refractivity contribution < 1.29 is 19.4 Å². The highest BCUT2D eigenvalue weighted by molar-refractivity contribution is 5.87. The smallest absolute Gasteiger partial charge is 0.337 e. The van der Waals surface area contributed by atoms with E-state index in [1.54, 1.807) is 0 Å². The number of ether oxygens (including phenoxy) is 2. The van der Waals surface area contributed by atoms with Gasteiger partial charge in [0, 0.05) is 24.7 Å². The molecule has 1 N–H and O–H groups in total. The molecule has 5 unspecified atom stereocenters. The normalized spacial score (nSPS) is 33.4. The summed E-state index contributed by atoms with van der Waals surface area (Å²) in [7, 11) is 0. The lowest BCUT2D eigenvalue weighted by atomic mass is 9.50. The molecule has 1 saturated heterocycles. The van der Waals surface area contributed by atoms with Crippen LogP contribution in [0.5, 0.6) is 0 Å². The van der Waals surface area contributed by atoms with Crippen molar-refractivity contribution in [2.75, 3.05) is 13.4 Å². The summed E-state index contributed by atoms with van der Waals surface area (Å²) >= 11 is 0. The third kappa shape index (κ3) is 5.27. The molecule has 5 atom stereocenters. The van der Waals surface area contributed by atoms with Gasteiger partial charge in [-0.3, -0.25) is 4.79 Å². The topological polar surface area (TPSA) is 77.8 Å². The minimum Gasteiger partial charge on any atom is -0.478 e. The van der Waals surface area contributed by atoms with E-state index in [9.17, 15) is 14.7 Å². The lowest BCUT2D eigenvalue weighted by Crippen LogP contribution is -2.54. The predicted molar refractivity (Wildman–Crippen MR) is 127 cm³/mol. The average molecular weight is 458 g/mol. The van der Waals surface area contributed by atoms with Crippen molar-refractivity contribution in [1.29, 1.82) is 0 Å². The summed E-state index contributed by atoms with van der Waals surface area (Å²) < 4.78 is 13.0. The predicted octanol–water partition coefficient (Wildman–Crippen LogP) is 5.26. The van der Waals surface area contributed by atoms with Crippen LogP contribution >= 0.6 is 0 Å². The Bertz CT molecular complexity index is 896. The first-order valence-electron chi connectivity index (χ1n) is 12.7. The highest BCUT2D eigenvalue weighted by atomic mass is 16.7. The van der Waals surface area contributed by atoms with Gasteiger partial charge >= 0.3 is 5.97 Å². The average Bonchev–Trinajstić information content (AvgIpc) is 3.39. The largest absolute Gasteiger partial charge is 0.478 e. The van der Waals surface area contributed by atoms with E-state index < -0.39 is 5.97 Å². The minimum absolute atomic E-state index is 0.120. The molecule has 1 aliphatic heterocycles. The minimum atomic E-state index is -1.02. The zero-order chi connectivity index (χ0) is 23.4. The summed E-state index contributed by atoms with van der Waals surface area (Å²) in [6, 6.07) is 2.70. The molecule has 182 valence electrons. The van der Waals surface area contributed by atoms with Crippen LogP contribution in [0, 0.1) is 23.2 Å². The van der Waals surface area contributed by atoms with E-state index in [2.05, 4.69) is 13.5 Å². The molecule has 6 heteroatoms. The first kappa shape index (κ1) is 24.2. The number of carboxylic acid groups (broad SMARTS) is 1. The Morgan fingerprint density at radius 2 is 1.94 bits per heavy atom. The van der Waals surface area contributed by atoms with E-state index in [0.717, 1.165) is 38.7 Å².